The Hall–Kier alpha value is -2.64. The Morgan fingerprint density at radius 1 is 1.22 bits per heavy atom. The summed E-state index contributed by atoms with van der Waals surface area (Å²) in [4.78, 5) is 0. The predicted molar refractivity (Wildman–Crippen MR) is 90.6 cm³/mol. The van der Waals surface area contributed by atoms with Gasteiger partial charge in [0.05, 0.1) is 11.2 Å². The highest BCUT2D eigenvalue weighted by Crippen LogP contribution is 2.26. The van der Waals surface area contributed by atoms with Gasteiger partial charge >= 0.3 is 0 Å². The van der Waals surface area contributed by atoms with Gasteiger partial charge < -0.3 is 10.2 Å². The molecule has 0 radical (unpaired) electrons. The number of nitrogens with zero attached hydrogens (tertiary/aromatic N) is 3. The van der Waals surface area contributed by atoms with Gasteiger partial charge in [-0.3, -0.25) is 0 Å². The van der Waals surface area contributed by atoms with Gasteiger partial charge in [0.2, 0.25) is 4.77 Å². The maximum Gasteiger partial charge on any atom is 0.216 e. The average Bonchev–Trinajstić information content (AvgIpc) is 2.88. The van der Waals surface area contributed by atoms with E-state index in [1.54, 1.807) is 12.1 Å². The monoisotopic (exact) mass is 346 g/mol. The molecule has 0 saturated heterocycles. The fraction of sp³-hybridized carbons (Fsp3) is 0. The topological polar surface area (TPSA) is 86.4 Å². The number of phenolic OH excluding ortho intramolecular Hbond substituents is 2. The molecular formula is C15H11ClN4O2S. The number of phenols is 2. The van der Waals surface area contributed by atoms with Crippen molar-refractivity contribution in [2.45, 2.75) is 0 Å². The Labute approximate surface area is 141 Å². The summed E-state index contributed by atoms with van der Waals surface area (Å²) >= 11 is 11.3. The third kappa shape index (κ3) is 3.10. The molecule has 0 aliphatic carbocycles. The molecule has 0 amide bonds. The van der Waals surface area contributed by atoms with Crippen molar-refractivity contribution in [2.75, 3.05) is 0 Å². The lowest BCUT2D eigenvalue weighted by Crippen LogP contribution is -1.95. The number of aromatic nitrogens is 3. The summed E-state index contributed by atoms with van der Waals surface area (Å²) < 4.78 is 1.69. The van der Waals surface area contributed by atoms with E-state index in [-0.39, 0.29) is 16.3 Å². The first-order chi connectivity index (χ1) is 11.1. The first-order valence-electron chi connectivity index (χ1n) is 6.55. The van der Waals surface area contributed by atoms with E-state index < -0.39 is 0 Å². The number of aromatic hydroxyl groups is 2. The maximum atomic E-state index is 9.79. The summed E-state index contributed by atoms with van der Waals surface area (Å²) in [6, 6.07) is 11.4. The van der Waals surface area contributed by atoms with Crippen LogP contribution >= 0.6 is 23.8 Å². The SMILES string of the molecule is Oc1ccc(/C=N\n2c(-c3ccccc3Cl)n[nH]c2=S)c(O)c1. The molecule has 0 saturated carbocycles. The van der Waals surface area contributed by atoms with Crippen molar-refractivity contribution >= 4 is 30.0 Å². The van der Waals surface area contributed by atoms with Crippen LogP contribution in [0.25, 0.3) is 11.4 Å². The summed E-state index contributed by atoms with van der Waals surface area (Å²) in [5.41, 5.74) is 1.10. The van der Waals surface area contributed by atoms with Crippen molar-refractivity contribution < 1.29 is 10.2 Å². The lowest BCUT2D eigenvalue weighted by Gasteiger charge is -2.03. The van der Waals surface area contributed by atoms with Crippen LogP contribution in [-0.4, -0.2) is 31.3 Å². The standard InChI is InChI=1S/C15H11ClN4O2S/c16-12-4-2-1-3-11(12)14-18-19-15(23)20(14)17-8-9-5-6-10(21)7-13(9)22/h1-8,21-22H,(H,19,23)/b17-8-. The van der Waals surface area contributed by atoms with E-state index in [1.807, 2.05) is 12.1 Å². The van der Waals surface area contributed by atoms with Crippen molar-refractivity contribution in [3.05, 3.63) is 57.8 Å². The molecule has 0 fully saturated rings. The Balaban J connectivity index is 2.04. The van der Waals surface area contributed by atoms with Crippen molar-refractivity contribution in [1.82, 2.24) is 14.9 Å². The largest absolute Gasteiger partial charge is 0.508 e. The van der Waals surface area contributed by atoms with Gasteiger partial charge in [-0.1, -0.05) is 23.7 Å². The molecule has 1 heterocycles. The molecule has 23 heavy (non-hydrogen) atoms. The van der Waals surface area contributed by atoms with Gasteiger partial charge in [-0.15, -0.1) is 0 Å². The minimum Gasteiger partial charge on any atom is -0.508 e. The zero-order valence-electron chi connectivity index (χ0n) is 11.6. The fourth-order valence-corrected chi connectivity index (χ4v) is 2.38. The van der Waals surface area contributed by atoms with E-state index in [4.69, 9.17) is 23.8 Å². The van der Waals surface area contributed by atoms with Crippen LogP contribution in [0.3, 0.4) is 0 Å². The number of rotatable bonds is 3. The molecule has 0 atom stereocenters. The van der Waals surface area contributed by atoms with Crippen LogP contribution in [0.5, 0.6) is 11.5 Å². The van der Waals surface area contributed by atoms with Crippen molar-refractivity contribution in [3.8, 4) is 22.9 Å². The first kappa shape index (κ1) is 15.3. The summed E-state index contributed by atoms with van der Waals surface area (Å²) in [7, 11) is 0. The molecule has 0 bridgehead atoms. The van der Waals surface area contributed by atoms with Gasteiger partial charge in [-0.2, -0.15) is 14.9 Å². The highest BCUT2D eigenvalue weighted by molar-refractivity contribution is 7.71. The molecule has 0 spiro atoms. The molecule has 3 rings (SSSR count). The van der Waals surface area contributed by atoms with Gasteiger partial charge in [-0.05, 0) is 36.5 Å². The molecule has 6 nitrogen and oxygen atoms in total. The van der Waals surface area contributed by atoms with Gasteiger partial charge in [0.1, 0.15) is 11.5 Å². The second-order valence-electron chi connectivity index (χ2n) is 4.63. The van der Waals surface area contributed by atoms with E-state index in [0.717, 1.165) is 0 Å². The zero-order valence-corrected chi connectivity index (χ0v) is 13.2. The highest BCUT2D eigenvalue weighted by Gasteiger charge is 2.11. The van der Waals surface area contributed by atoms with Gasteiger partial charge in [0.15, 0.2) is 5.82 Å². The number of halogens is 1. The van der Waals surface area contributed by atoms with Crippen LogP contribution < -0.4 is 0 Å². The van der Waals surface area contributed by atoms with Crippen molar-refractivity contribution in [3.63, 3.8) is 0 Å². The van der Waals surface area contributed by atoms with Crippen LogP contribution in [0.4, 0.5) is 0 Å². The first-order valence-corrected chi connectivity index (χ1v) is 7.33. The Morgan fingerprint density at radius 3 is 2.74 bits per heavy atom. The number of nitrogens with one attached hydrogen (secondary N) is 1. The lowest BCUT2D eigenvalue weighted by molar-refractivity contribution is 0.450. The van der Waals surface area contributed by atoms with Gasteiger partial charge in [0.25, 0.3) is 0 Å². The number of H-pyrrole nitrogens is 1. The molecule has 116 valence electrons. The molecule has 0 unspecified atom stereocenters. The Bertz CT molecular complexity index is 949. The smallest absolute Gasteiger partial charge is 0.216 e. The summed E-state index contributed by atoms with van der Waals surface area (Å²) in [5.74, 6) is 0.328. The van der Waals surface area contributed by atoms with E-state index in [1.165, 1.54) is 29.1 Å². The molecule has 0 aliphatic rings. The molecule has 3 N–H and O–H groups in total. The summed E-state index contributed by atoms with van der Waals surface area (Å²) in [6.45, 7) is 0. The van der Waals surface area contributed by atoms with Gasteiger partial charge in [-0.25, -0.2) is 5.10 Å². The van der Waals surface area contributed by atoms with Crippen LogP contribution in [-0.2, 0) is 0 Å². The third-order valence-corrected chi connectivity index (χ3v) is 3.69. The third-order valence-electron chi connectivity index (χ3n) is 3.09. The van der Waals surface area contributed by atoms with Gasteiger partial charge in [0, 0.05) is 17.2 Å². The van der Waals surface area contributed by atoms with Crippen molar-refractivity contribution in [2.24, 2.45) is 5.10 Å². The molecule has 0 aliphatic heterocycles. The van der Waals surface area contributed by atoms with Crippen LogP contribution in [0.2, 0.25) is 5.02 Å². The molecule has 3 aromatic rings. The second-order valence-corrected chi connectivity index (χ2v) is 5.43. The molecular weight excluding hydrogens is 336 g/mol. The summed E-state index contributed by atoms with van der Waals surface area (Å²) in [5, 5.41) is 30.7. The Morgan fingerprint density at radius 2 is 2.00 bits per heavy atom. The van der Waals surface area contributed by atoms with Crippen LogP contribution in [0, 0.1) is 4.77 Å². The second kappa shape index (κ2) is 6.23. The predicted octanol–water partition coefficient (Wildman–Crippen LogP) is 3.55. The quantitative estimate of drug-likeness (QED) is 0.500. The minimum atomic E-state index is -0.0944. The molecule has 2 aromatic carbocycles. The van der Waals surface area contributed by atoms with E-state index in [2.05, 4.69) is 15.3 Å². The summed E-state index contributed by atoms with van der Waals surface area (Å²) in [6.07, 6.45) is 1.42. The molecule has 1 aromatic heterocycles. The van der Waals surface area contributed by atoms with Crippen LogP contribution in [0.1, 0.15) is 5.56 Å². The highest BCUT2D eigenvalue weighted by atomic mass is 35.5. The maximum absolute atomic E-state index is 9.79. The minimum absolute atomic E-state index is 0.0312. The number of hydrogen-bond acceptors (Lipinski definition) is 5. The molecule has 8 heteroatoms. The normalized spacial score (nSPS) is 11.2. The Kier molecular flexibility index (Phi) is 4.14. The number of hydrogen-bond donors (Lipinski definition) is 3. The van der Waals surface area contributed by atoms with E-state index >= 15 is 0 Å². The van der Waals surface area contributed by atoms with E-state index in [0.29, 0.717) is 22.0 Å². The number of aromatic amines is 1. The average molecular weight is 347 g/mol. The van der Waals surface area contributed by atoms with Crippen LogP contribution in [0.15, 0.2) is 47.6 Å². The van der Waals surface area contributed by atoms with Crippen molar-refractivity contribution in [1.29, 1.82) is 0 Å². The van der Waals surface area contributed by atoms with E-state index in [9.17, 15) is 10.2 Å². The number of benzene rings is 2. The fourth-order valence-electron chi connectivity index (χ4n) is 1.98. The zero-order chi connectivity index (χ0) is 16.4. The lowest BCUT2D eigenvalue weighted by atomic mass is 10.2.